The van der Waals surface area contributed by atoms with E-state index in [2.05, 4.69) is 38.8 Å². The maximum atomic E-state index is 12.6. The molecule has 2 heterocycles. The van der Waals surface area contributed by atoms with Crippen LogP contribution >= 0.6 is 24.0 Å². The summed E-state index contributed by atoms with van der Waals surface area (Å²) in [6.07, 6.45) is 5.53. The van der Waals surface area contributed by atoms with Crippen LogP contribution < -0.4 is 10.6 Å². The van der Waals surface area contributed by atoms with E-state index in [4.69, 9.17) is 0 Å². The Labute approximate surface area is 183 Å². The molecule has 1 atom stereocenters. The number of nitrogens with one attached hydrogen (secondary N) is 3. The molecule has 0 bridgehead atoms. The van der Waals surface area contributed by atoms with Crippen LogP contribution in [0.3, 0.4) is 0 Å². The Balaban J connectivity index is 0.00000225. The highest BCUT2D eigenvalue weighted by Crippen LogP contribution is 2.27. The largest absolute Gasteiger partial charge is 0.357 e. The molecule has 1 aromatic carbocycles. The minimum atomic E-state index is 0. The summed E-state index contributed by atoms with van der Waals surface area (Å²) >= 11 is 0. The van der Waals surface area contributed by atoms with Crippen molar-refractivity contribution in [3.05, 3.63) is 36.0 Å². The van der Waals surface area contributed by atoms with Crippen LogP contribution in [0.5, 0.6) is 0 Å². The van der Waals surface area contributed by atoms with Crippen LogP contribution in [0.1, 0.15) is 37.8 Å². The minimum absolute atomic E-state index is 0. The molecule has 1 saturated carbocycles. The van der Waals surface area contributed by atoms with E-state index in [-0.39, 0.29) is 35.9 Å². The van der Waals surface area contributed by atoms with Crippen molar-refractivity contribution < 1.29 is 4.79 Å². The lowest BCUT2D eigenvalue weighted by Crippen LogP contribution is -2.45. The third kappa shape index (κ3) is 4.79. The summed E-state index contributed by atoms with van der Waals surface area (Å²) < 4.78 is 0. The number of hydrogen-bond acceptors (Lipinski definition) is 2. The molecule has 1 aliphatic carbocycles. The molecule has 4 rings (SSSR count). The summed E-state index contributed by atoms with van der Waals surface area (Å²) in [5, 5.41) is 8.07. The average molecular weight is 495 g/mol. The van der Waals surface area contributed by atoms with Crippen molar-refractivity contribution in [1.82, 2.24) is 20.5 Å². The number of fused-ring (bicyclic) bond motifs is 1. The van der Waals surface area contributed by atoms with Crippen molar-refractivity contribution >= 4 is 46.7 Å². The predicted octanol–water partition coefficient (Wildman–Crippen LogP) is 3.24. The predicted molar refractivity (Wildman–Crippen MR) is 124 cm³/mol. The molecule has 152 valence electrons. The Bertz CT molecular complexity index is 794. The molecule has 28 heavy (non-hydrogen) atoms. The van der Waals surface area contributed by atoms with Gasteiger partial charge < -0.3 is 20.5 Å². The van der Waals surface area contributed by atoms with E-state index >= 15 is 0 Å². The topological polar surface area (TPSA) is 72.5 Å². The van der Waals surface area contributed by atoms with E-state index in [1.165, 1.54) is 18.2 Å². The summed E-state index contributed by atoms with van der Waals surface area (Å²) in [6.45, 7) is 2.32. The highest BCUT2D eigenvalue weighted by molar-refractivity contribution is 14.0. The number of aromatic nitrogens is 1. The summed E-state index contributed by atoms with van der Waals surface area (Å²) in [7, 11) is 1.79. The lowest BCUT2D eigenvalue weighted by Gasteiger charge is -2.21. The lowest BCUT2D eigenvalue weighted by molar-refractivity contribution is -0.134. The number of benzene rings is 1. The zero-order valence-corrected chi connectivity index (χ0v) is 18.7. The zero-order chi connectivity index (χ0) is 18.6. The second kappa shape index (κ2) is 9.62. The molecule has 1 aliphatic heterocycles. The molecule has 6 nitrogen and oxygen atoms in total. The van der Waals surface area contributed by atoms with Crippen molar-refractivity contribution in [2.45, 2.75) is 44.7 Å². The number of hydrogen-bond donors (Lipinski definition) is 3. The van der Waals surface area contributed by atoms with Gasteiger partial charge in [-0.25, -0.2) is 0 Å². The van der Waals surface area contributed by atoms with Crippen LogP contribution in [0.25, 0.3) is 10.9 Å². The van der Waals surface area contributed by atoms with E-state index in [1.54, 1.807) is 7.05 Å². The van der Waals surface area contributed by atoms with Crippen LogP contribution in [0, 0.1) is 5.92 Å². The number of aromatic amines is 1. The number of likely N-dealkylation sites (tertiary alicyclic amines) is 1. The van der Waals surface area contributed by atoms with Crippen molar-refractivity contribution in [3.63, 3.8) is 0 Å². The molecule has 1 saturated heterocycles. The number of aliphatic imine (C=N–C) groups is 1. The van der Waals surface area contributed by atoms with Gasteiger partial charge in [0.05, 0.1) is 6.54 Å². The van der Waals surface area contributed by atoms with Crippen LogP contribution in [-0.2, 0) is 11.3 Å². The maximum absolute atomic E-state index is 12.6. The molecule has 7 heteroatoms. The molecule has 2 aromatic rings. The second-order valence-electron chi connectivity index (χ2n) is 7.70. The Hall–Kier alpha value is -1.77. The van der Waals surface area contributed by atoms with Gasteiger partial charge in [-0.3, -0.25) is 9.79 Å². The zero-order valence-electron chi connectivity index (χ0n) is 16.4. The van der Waals surface area contributed by atoms with E-state index in [9.17, 15) is 4.79 Å². The lowest BCUT2D eigenvalue weighted by atomic mass is 10.1. The number of carbonyl (C=O) groups excluding carboxylic acids is 1. The Kier molecular flexibility index (Phi) is 7.20. The highest BCUT2D eigenvalue weighted by atomic mass is 127. The number of H-pyrrole nitrogens is 1. The van der Waals surface area contributed by atoms with Gasteiger partial charge in [-0.2, -0.15) is 0 Å². The van der Waals surface area contributed by atoms with Crippen molar-refractivity contribution in [3.8, 4) is 0 Å². The first kappa shape index (κ1) is 21.0. The third-order valence-electron chi connectivity index (χ3n) is 5.80. The fraction of sp³-hybridized carbons (Fsp3) is 0.524. The van der Waals surface area contributed by atoms with Crippen molar-refractivity contribution in [1.29, 1.82) is 0 Å². The smallest absolute Gasteiger partial charge is 0.225 e. The van der Waals surface area contributed by atoms with E-state index in [0.29, 0.717) is 12.5 Å². The quantitative estimate of drug-likeness (QED) is 0.347. The summed E-state index contributed by atoms with van der Waals surface area (Å²) in [5.74, 6) is 1.41. The SMILES string of the molecule is CN=C(NCc1cc2ccccc2[nH]1)NC1CCN(C(=O)C2CCCC2)C1.I. The van der Waals surface area contributed by atoms with Crippen LogP contribution in [0.2, 0.25) is 0 Å². The molecular weight excluding hydrogens is 465 g/mol. The standard InChI is InChI=1S/C21H29N5O.HI/c1-22-21(23-13-18-12-16-8-4-5-9-19(16)24-18)25-17-10-11-26(14-17)20(27)15-6-2-3-7-15;/h4-5,8-9,12,15,17,24H,2-3,6-7,10-11,13-14H2,1H3,(H2,22,23,25);1H. The van der Waals surface area contributed by atoms with Gasteiger partial charge in [0, 0.05) is 43.3 Å². The van der Waals surface area contributed by atoms with Crippen LogP contribution in [0.4, 0.5) is 0 Å². The maximum Gasteiger partial charge on any atom is 0.225 e. The van der Waals surface area contributed by atoms with Gasteiger partial charge in [0.15, 0.2) is 5.96 Å². The third-order valence-corrected chi connectivity index (χ3v) is 5.80. The van der Waals surface area contributed by atoms with Crippen molar-refractivity contribution in [2.24, 2.45) is 10.9 Å². The molecule has 0 radical (unpaired) electrons. The fourth-order valence-corrected chi connectivity index (χ4v) is 4.30. The first-order valence-corrected chi connectivity index (χ1v) is 10.1. The molecule has 1 amide bonds. The Morgan fingerprint density at radius 3 is 2.79 bits per heavy atom. The molecule has 2 fully saturated rings. The normalized spacial score (nSPS) is 20.4. The summed E-state index contributed by atoms with van der Waals surface area (Å²) in [5.41, 5.74) is 2.28. The minimum Gasteiger partial charge on any atom is -0.357 e. The number of rotatable bonds is 4. The number of guanidine groups is 1. The number of nitrogens with zero attached hydrogens (tertiary/aromatic N) is 2. The van der Waals surface area contributed by atoms with Gasteiger partial charge in [0.1, 0.15) is 0 Å². The van der Waals surface area contributed by atoms with Gasteiger partial charge in [0.2, 0.25) is 5.91 Å². The van der Waals surface area contributed by atoms with Crippen LogP contribution in [-0.4, -0.2) is 47.9 Å². The average Bonchev–Trinajstić information content (AvgIpc) is 3.44. The molecular formula is C21H30IN5O. The Morgan fingerprint density at radius 2 is 2.04 bits per heavy atom. The van der Waals surface area contributed by atoms with Crippen molar-refractivity contribution in [2.75, 3.05) is 20.1 Å². The summed E-state index contributed by atoms with van der Waals surface area (Å²) in [6, 6.07) is 10.7. The second-order valence-corrected chi connectivity index (χ2v) is 7.70. The van der Waals surface area contributed by atoms with Gasteiger partial charge in [-0.15, -0.1) is 24.0 Å². The van der Waals surface area contributed by atoms with Gasteiger partial charge in [0.25, 0.3) is 0 Å². The number of carbonyl (C=O) groups is 1. The van der Waals surface area contributed by atoms with E-state index < -0.39 is 0 Å². The van der Waals surface area contributed by atoms with E-state index in [1.807, 2.05) is 17.0 Å². The number of amides is 1. The summed E-state index contributed by atoms with van der Waals surface area (Å²) in [4.78, 5) is 22.4. The molecule has 2 aliphatic rings. The van der Waals surface area contributed by atoms with Gasteiger partial charge in [-0.05, 0) is 36.8 Å². The first-order chi connectivity index (χ1) is 13.2. The number of halogens is 1. The highest BCUT2D eigenvalue weighted by Gasteiger charge is 2.32. The molecule has 1 aromatic heterocycles. The first-order valence-electron chi connectivity index (χ1n) is 10.1. The number of para-hydroxylation sites is 1. The Morgan fingerprint density at radius 1 is 1.25 bits per heavy atom. The van der Waals surface area contributed by atoms with Gasteiger partial charge in [-0.1, -0.05) is 31.0 Å². The molecule has 3 N–H and O–H groups in total. The fourth-order valence-electron chi connectivity index (χ4n) is 4.30. The molecule has 1 unspecified atom stereocenters. The molecule has 0 spiro atoms. The van der Waals surface area contributed by atoms with Gasteiger partial charge >= 0.3 is 0 Å². The van der Waals surface area contributed by atoms with Crippen LogP contribution in [0.15, 0.2) is 35.3 Å². The van der Waals surface area contributed by atoms with E-state index in [0.717, 1.165) is 49.5 Å². The monoisotopic (exact) mass is 495 g/mol.